The van der Waals surface area contributed by atoms with E-state index in [0.29, 0.717) is 0 Å². The van der Waals surface area contributed by atoms with Gasteiger partial charge in [-0.25, -0.2) is 0 Å². The van der Waals surface area contributed by atoms with Gasteiger partial charge in [-0.15, -0.1) is 0 Å². The molecule has 28 valence electrons. The van der Waals surface area contributed by atoms with Crippen molar-refractivity contribution in [1.29, 1.82) is 0 Å². The SMILES string of the molecule is O.[Bi].[Ca].[Cu].[Sr]. The quantitative estimate of drug-likeness (QED) is 0.409. The van der Waals surface area contributed by atoms with Crippen LogP contribution in [0.1, 0.15) is 0 Å². The van der Waals surface area contributed by atoms with Crippen molar-refractivity contribution >= 4 is 109 Å². The second-order valence-electron chi connectivity index (χ2n) is 0. The van der Waals surface area contributed by atoms with Gasteiger partial charge in [0.25, 0.3) is 0 Å². The molecule has 1 nitrogen and oxygen atoms in total. The minimum atomic E-state index is 0. The van der Waals surface area contributed by atoms with Crippen molar-refractivity contribution in [2.45, 2.75) is 0 Å². The molecule has 2 N–H and O–H groups in total. The summed E-state index contributed by atoms with van der Waals surface area (Å²) < 4.78 is 0. The van der Waals surface area contributed by atoms with Gasteiger partial charge in [-0.1, -0.05) is 0 Å². The first-order chi connectivity index (χ1) is 0. The van der Waals surface area contributed by atoms with Crippen LogP contribution in [0.25, 0.3) is 0 Å². The van der Waals surface area contributed by atoms with Crippen LogP contribution in [-0.2, 0) is 17.1 Å². The minimum absolute atomic E-state index is 0. The molecule has 8 radical (unpaired) electrons. The molecule has 0 heterocycles. The Morgan fingerprint density at radius 3 is 1.00 bits per heavy atom. The molecule has 0 aliphatic rings. The van der Waals surface area contributed by atoms with Gasteiger partial charge < -0.3 is 5.48 Å². The van der Waals surface area contributed by atoms with Gasteiger partial charge in [0.1, 0.15) is 0 Å². The van der Waals surface area contributed by atoms with Crippen molar-refractivity contribution in [3.05, 3.63) is 0 Å². The van der Waals surface area contributed by atoms with Crippen LogP contribution < -0.4 is 0 Å². The fourth-order valence-electron chi connectivity index (χ4n) is 0. The molecule has 0 spiro atoms. The van der Waals surface area contributed by atoms with Crippen LogP contribution in [0.5, 0.6) is 0 Å². The van der Waals surface area contributed by atoms with Gasteiger partial charge in [-0.2, -0.15) is 0 Å². The average Bonchev–Trinajstić information content (AvgIpc) is 0. The van der Waals surface area contributed by atoms with E-state index in [0.717, 1.165) is 0 Å². The second-order valence-corrected chi connectivity index (χ2v) is 0. The van der Waals surface area contributed by atoms with Gasteiger partial charge in [-0.3, -0.25) is 0 Å². The predicted molar refractivity (Wildman–Crippen MR) is 20.9 cm³/mol. The van der Waals surface area contributed by atoms with E-state index in [1.165, 1.54) is 0 Å². The summed E-state index contributed by atoms with van der Waals surface area (Å²) in [5, 5.41) is 0. The van der Waals surface area contributed by atoms with E-state index in [9.17, 15) is 0 Å². The zero-order valence-electron chi connectivity index (χ0n) is 2.66. The molecule has 0 aliphatic heterocycles. The molecule has 0 aromatic carbocycles. The number of hydrogen-bond donors (Lipinski definition) is 0. The maximum Gasteiger partial charge on any atom is 0 e. The van der Waals surface area contributed by atoms with Crippen molar-refractivity contribution in [1.82, 2.24) is 0 Å². The van der Waals surface area contributed by atoms with Gasteiger partial charge in [0.2, 0.25) is 0 Å². The van der Waals surface area contributed by atoms with Crippen molar-refractivity contribution in [2.24, 2.45) is 0 Å². The maximum absolute atomic E-state index is 0. The van der Waals surface area contributed by atoms with E-state index in [1.807, 2.05) is 0 Å². The third-order valence-electron chi connectivity index (χ3n) is 0. The van der Waals surface area contributed by atoms with Crippen LogP contribution in [0.3, 0.4) is 0 Å². The summed E-state index contributed by atoms with van der Waals surface area (Å²) in [7, 11) is 0. The van der Waals surface area contributed by atoms with Crippen molar-refractivity contribution in [3.8, 4) is 0 Å². The molecule has 0 aromatic rings. The first-order valence-electron chi connectivity index (χ1n) is 0. The van der Waals surface area contributed by atoms with Crippen LogP contribution in [0.4, 0.5) is 0 Å². The molecular weight excluding hydrogens is 416 g/mol. The third-order valence-corrected chi connectivity index (χ3v) is 0. The molecule has 0 saturated heterocycles. The molecule has 5 heteroatoms. The van der Waals surface area contributed by atoms with Crippen molar-refractivity contribution in [2.75, 3.05) is 0 Å². The standard InChI is InChI=1S/Bi.Ca.Cu.H2O.Sr/h;;;1H2;. The monoisotopic (exact) mass is 418 g/mol. The maximum atomic E-state index is 0. The summed E-state index contributed by atoms with van der Waals surface area (Å²) in [6, 6.07) is 0. The Hall–Kier alpha value is 4.10. The Morgan fingerprint density at radius 1 is 1.00 bits per heavy atom. The zero-order valence-corrected chi connectivity index (χ0v) is 12.8. The van der Waals surface area contributed by atoms with Gasteiger partial charge in [0, 0.05) is 126 Å². The van der Waals surface area contributed by atoms with E-state index >= 15 is 0 Å². The summed E-state index contributed by atoms with van der Waals surface area (Å²) in [5.74, 6) is 0. The molecule has 0 amide bonds. The summed E-state index contributed by atoms with van der Waals surface area (Å²) >= 11 is 0. The summed E-state index contributed by atoms with van der Waals surface area (Å²) in [4.78, 5) is 0. The largest absolute Gasteiger partial charge is 0.412 e. The molecule has 0 fully saturated rings. The summed E-state index contributed by atoms with van der Waals surface area (Å²) in [6.45, 7) is 0. The normalized spacial score (nSPS) is 0. The van der Waals surface area contributed by atoms with Gasteiger partial charge in [0.15, 0.2) is 0 Å². The van der Waals surface area contributed by atoms with E-state index in [-0.39, 0.29) is 132 Å². The van der Waals surface area contributed by atoms with Crippen LogP contribution in [0.15, 0.2) is 0 Å². The molecule has 0 rings (SSSR count). The summed E-state index contributed by atoms with van der Waals surface area (Å²) in [6.07, 6.45) is 0. The van der Waals surface area contributed by atoms with Crippen LogP contribution in [-0.4, -0.2) is 115 Å². The Kier molecular flexibility index (Phi) is 172. The molecular formula is H2BiCaCuOSr. The molecule has 0 aliphatic carbocycles. The Morgan fingerprint density at radius 2 is 1.00 bits per heavy atom. The summed E-state index contributed by atoms with van der Waals surface area (Å²) in [5.41, 5.74) is 0. The zero-order chi connectivity index (χ0) is 0. The minimum Gasteiger partial charge on any atom is -0.412 e. The number of rotatable bonds is 0. The van der Waals surface area contributed by atoms with Gasteiger partial charge in [0.05, 0.1) is 0 Å². The average molecular weight is 418 g/mol. The van der Waals surface area contributed by atoms with Gasteiger partial charge >= 0.3 is 0 Å². The Bertz CT molecular complexity index is 11.6. The molecule has 0 unspecified atom stereocenters. The first-order valence-corrected chi connectivity index (χ1v) is 0. The fourth-order valence-corrected chi connectivity index (χ4v) is 0. The predicted octanol–water partition coefficient (Wildman–Crippen LogP) is -1.97. The number of hydrogen-bond acceptors (Lipinski definition) is 0. The van der Waals surface area contributed by atoms with Gasteiger partial charge in [-0.05, 0) is 0 Å². The third kappa shape index (κ3) is 17.9. The molecule has 0 bridgehead atoms. The molecule has 0 aromatic heterocycles. The van der Waals surface area contributed by atoms with E-state index < -0.39 is 0 Å². The Balaban J connectivity index is 0. The molecule has 5 heavy (non-hydrogen) atoms. The van der Waals surface area contributed by atoms with Crippen LogP contribution in [0.2, 0.25) is 0 Å². The van der Waals surface area contributed by atoms with Crippen LogP contribution in [0, 0.1) is 0 Å². The van der Waals surface area contributed by atoms with E-state index in [1.54, 1.807) is 0 Å². The molecule has 0 saturated carbocycles. The van der Waals surface area contributed by atoms with E-state index in [2.05, 4.69) is 0 Å². The van der Waals surface area contributed by atoms with Crippen molar-refractivity contribution in [3.63, 3.8) is 0 Å². The van der Waals surface area contributed by atoms with E-state index in [4.69, 9.17) is 0 Å². The topological polar surface area (TPSA) is 31.5 Å². The Labute approximate surface area is 128 Å². The van der Waals surface area contributed by atoms with Crippen LogP contribution >= 0.6 is 0 Å². The first kappa shape index (κ1) is 35.5. The molecule has 0 atom stereocenters. The second kappa shape index (κ2) is 24.3. The van der Waals surface area contributed by atoms with Crippen molar-refractivity contribution < 1.29 is 22.5 Å². The fraction of sp³-hybridized carbons (Fsp3) is 0. The smallest absolute Gasteiger partial charge is 0 e.